The van der Waals surface area contributed by atoms with Crippen molar-refractivity contribution < 1.29 is 9.53 Å². The lowest BCUT2D eigenvalue weighted by Crippen LogP contribution is -2.37. The molecule has 0 saturated carbocycles. The van der Waals surface area contributed by atoms with Gasteiger partial charge in [-0.2, -0.15) is 9.61 Å². The Labute approximate surface area is 142 Å². The lowest BCUT2D eigenvalue weighted by molar-refractivity contribution is -0.118. The molecule has 0 spiro atoms. The minimum Gasteiger partial charge on any atom is -0.378 e. The number of nitrogens with zero attached hydrogens (tertiary/aromatic N) is 4. The van der Waals surface area contributed by atoms with E-state index in [4.69, 9.17) is 4.74 Å². The van der Waals surface area contributed by atoms with Gasteiger partial charge in [-0.05, 0) is 6.42 Å². The second-order valence-electron chi connectivity index (χ2n) is 6.33. The van der Waals surface area contributed by atoms with Crippen molar-refractivity contribution in [3.8, 4) is 0 Å². The smallest absolute Gasteiger partial charge is 0.157 e. The number of ether oxygens (including phenoxy) is 1. The third kappa shape index (κ3) is 4.12. The molecule has 0 N–H and O–H groups in total. The molecular weight excluding hydrogens is 304 g/mol. The molecule has 0 unspecified atom stereocenters. The monoisotopic (exact) mass is 330 g/mol. The highest BCUT2D eigenvalue weighted by Gasteiger charge is 2.17. The molecule has 3 rings (SSSR count). The Morgan fingerprint density at radius 2 is 2.08 bits per heavy atom. The van der Waals surface area contributed by atoms with Crippen molar-refractivity contribution in [1.29, 1.82) is 0 Å². The fourth-order valence-corrected chi connectivity index (χ4v) is 3.09. The zero-order chi connectivity index (χ0) is 16.8. The van der Waals surface area contributed by atoms with Crippen molar-refractivity contribution in [2.24, 2.45) is 0 Å². The van der Waals surface area contributed by atoms with Crippen LogP contribution < -0.4 is 4.90 Å². The van der Waals surface area contributed by atoms with Crippen molar-refractivity contribution >= 4 is 17.2 Å². The van der Waals surface area contributed by atoms with Crippen molar-refractivity contribution in [3.05, 3.63) is 24.0 Å². The molecule has 1 aliphatic heterocycles. The highest BCUT2D eigenvalue weighted by molar-refractivity contribution is 5.80. The number of hydrogen-bond donors (Lipinski definition) is 0. The van der Waals surface area contributed by atoms with E-state index >= 15 is 0 Å². The van der Waals surface area contributed by atoms with E-state index in [1.807, 2.05) is 16.6 Å². The molecule has 0 aromatic carbocycles. The minimum atomic E-state index is 0.274. The van der Waals surface area contributed by atoms with Gasteiger partial charge in [0.25, 0.3) is 0 Å². The molecule has 3 heterocycles. The molecule has 0 aliphatic carbocycles. The molecule has 130 valence electrons. The average molecular weight is 330 g/mol. The standard InChI is InChI=1S/C18H26N4O2/c1-2-3-4-5-6-16(23)13-15-14-18(21-9-11-24-12-10-21)22-17(20-15)7-8-19-22/h7-8,14H,2-6,9-13H2,1H3. The Bertz CT molecular complexity index is 677. The first kappa shape index (κ1) is 16.9. The Hall–Kier alpha value is -1.95. The van der Waals surface area contributed by atoms with Gasteiger partial charge in [0.15, 0.2) is 5.65 Å². The number of morpholine rings is 1. The lowest BCUT2D eigenvalue weighted by Gasteiger charge is -2.29. The number of anilines is 1. The third-order valence-corrected chi connectivity index (χ3v) is 4.42. The third-order valence-electron chi connectivity index (χ3n) is 4.42. The van der Waals surface area contributed by atoms with Gasteiger partial charge >= 0.3 is 0 Å². The van der Waals surface area contributed by atoms with E-state index in [0.29, 0.717) is 12.8 Å². The molecule has 1 fully saturated rings. The van der Waals surface area contributed by atoms with E-state index in [1.165, 1.54) is 12.8 Å². The zero-order valence-electron chi connectivity index (χ0n) is 14.4. The van der Waals surface area contributed by atoms with Crippen LogP contribution in [0.3, 0.4) is 0 Å². The van der Waals surface area contributed by atoms with Gasteiger partial charge in [-0.15, -0.1) is 0 Å². The number of ketones is 1. The number of aromatic nitrogens is 3. The van der Waals surface area contributed by atoms with Crippen LogP contribution in [0.4, 0.5) is 5.82 Å². The summed E-state index contributed by atoms with van der Waals surface area (Å²) in [6.07, 6.45) is 7.33. The van der Waals surface area contributed by atoms with E-state index in [-0.39, 0.29) is 5.78 Å². The molecule has 6 nitrogen and oxygen atoms in total. The van der Waals surface area contributed by atoms with Crippen LogP contribution in [0.15, 0.2) is 18.3 Å². The first-order valence-corrected chi connectivity index (χ1v) is 8.96. The van der Waals surface area contributed by atoms with Crippen LogP contribution in [0, 0.1) is 0 Å². The summed E-state index contributed by atoms with van der Waals surface area (Å²) in [5.41, 5.74) is 1.64. The summed E-state index contributed by atoms with van der Waals surface area (Å²) >= 11 is 0. The van der Waals surface area contributed by atoms with E-state index in [9.17, 15) is 4.79 Å². The second-order valence-corrected chi connectivity index (χ2v) is 6.33. The summed E-state index contributed by atoms with van der Waals surface area (Å²) in [6.45, 7) is 5.29. The maximum Gasteiger partial charge on any atom is 0.157 e. The molecule has 0 bridgehead atoms. The predicted octanol–water partition coefficient (Wildman–Crippen LogP) is 2.65. The number of rotatable bonds is 8. The Morgan fingerprint density at radius 1 is 1.25 bits per heavy atom. The van der Waals surface area contributed by atoms with Gasteiger partial charge in [0.2, 0.25) is 0 Å². The van der Waals surface area contributed by atoms with Crippen LogP contribution in [-0.2, 0) is 16.0 Å². The SMILES string of the molecule is CCCCCCC(=O)Cc1cc(N2CCOCC2)n2nccc2n1. The lowest BCUT2D eigenvalue weighted by atomic mass is 10.1. The molecule has 6 heteroatoms. The van der Waals surface area contributed by atoms with Crippen molar-refractivity contribution in [1.82, 2.24) is 14.6 Å². The topological polar surface area (TPSA) is 59.7 Å². The molecule has 1 aliphatic rings. The number of carbonyl (C=O) groups is 1. The maximum absolute atomic E-state index is 12.2. The van der Waals surface area contributed by atoms with E-state index in [2.05, 4.69) is 21.9 Å². The molecule has 0 amide bonds. The summed E-state index contributed by atoms with van der Waals surface area (Å²) in [6, 6.07) is 3.90. The Balaban J connectivity index is 1.72. The number of hydrogen-bond acceptors (Lipinski definition) is 5. The summed E-state index contributed by atoms with van der Waals surface area (Å²) in [5.74, 6) is 1.28. The van der Waals surface area contributed by atoms with Crippen molar-refractivity contribution in [2.75, 3.05) is 31.2 Å². The van der Waals surface area contributed by atoms with Gasteiger partial charge in [-0.3, -0.25) is 4.79 Å². The minimum absolute atomic E-state index is 0.274. The molecular formula is C18H26N4O2. The van der Waals surface area contributed by atoms with Gasteiger partial charge in [0.05, 0.1) is 25.1 Å². The van der Waals surface area contributed by atoms with Crippen LogP contribution >= 0.6 is 0 Å². The van der Waals surface area contributed by atoms with Crippen LogP contribution in [0.25, 0.3) is 5.65 Å². The maximum atomic E-state index is 12.2. The van der Waals surface area contributed by atoms with Gasteiger partial charge < -0.3 is 9.64 Å². The van der Waals surface area contributed by atoms with Crippen molar-refractivity contribution in [2.45, 2.75) is 45.4 Å². The quantitative estimate of drug-likeness (QED) is 0.696. The van der Waals surface area contributed by atoms with Gasteiger partial charge in [-0.25, -0.2) is 4.98 Å². The molecule has 0 radical (unpaired) electrons. The summed E-state index contributed by atoms with van der Waals surface area (Å²) in [5, 5.41) is 4.37. The fourth-order valence-electron chi connectivity index (χ4n) is 3.09. The number of unbranched alkanes of at least 4 members (excludes halogenated alkanes) is 3. The second kappa shape index (κ2) is 8.24. The van der Waals surface area contributed by atoms with Gasteiger partial charge in [0, 0.05) is 38.1 Å². The van der Waals surface area contributed by atoms with Crippen LogP contribution in [-0.4, -0.2) is 46.7 Å². The van der Waals surface area contributed by atoms with Crippen LogP contribution in [0.2, 0.25) is 0 Å². The fraction of sp³-hybridized carbons (Fsp3) is 0.611. The molecule has 1 saturated heterocycles. The van der Waals surface area contributed by atoms with Gasteiger partial charge in [-0.1, -0.05) is 26.2 Å². The zero-order valence-corrected chi connectivity index (χ0v) is 14.4. The first-order valence-electron chi connectivity index (χ1n) is 8.96. The van der Waals surface area contributed by atoms with Gasteiger partial charge in [0.1, 0.15) is 11.6 Å². The van der Waals surface area contributed by atoms with E-state index in [0.717, 1.165) is 56.3 Å². The van der Waals surface area contributed by atoms with Crippen LogP contribution in [0.5, 0.6) is 0 Å². The van der Waals surface area contributed by atoms with Crippen molar-refractivity contribution in [3.63, 3.8) is 0 Å². The summed E-state index contributed by atoms with van der Waals surface area (Å²) in [7, 11) is 0. The Morgan fingerprint density at radius 3 is 2.88 bits per heavy atom. The van der Waals surface area contributed by atoms with E-state index in [1.54, 1.807) is 6.20 Å². The number of Topliss-reactive ketones (excluding diaryl/α,β-unsaturated/α-hetero) is 1. The number of carbonyl (C=O) groups excluding carboxylic acids is 1. The molecule has 24 heavy (non-hydrogen) atoms. The Kier molecular flexibility index (Phi) is 5.80. The van der Waals surface area contributed by atoms with Crippen LogP contribution in [0.1, 0.15) is 44.7 Å². The normalized spacial score (nSPS) is 15.1. The summed E-state index contributed by atoms with van der Waals surface area (Å²) < 4.78 is 7.28. The highest BCUT2D eigenvalue weighted by atomic mass is 16.5. The number of fused-ring (bicyclic) bond motifs is 1. The largest absolute Gasteiger partial charge is 0.378 e. The molecule has 0 atom stereocenters. The average Bonchev–Trinajstić information content (AvgIpc) is 3.07. The summed E-state index contributed by atoms with van der Waals surface area (Å²) in [4.78, 5) is 19.1. The molecule has 2 aromatic heterocycles. The van der Waals surface area contributed by atoms with E-state index < -0.39 is 0 Å². The highest BCUT2D eigenvalue weighted by Crippen LogP contribution is 2.19. The first-order chi connectivity index (χ1) is 11.8. The molecule has 2 aromatic rings. The predicted molar refractivity (Wildman–Crippen MR) is 93.5 cm³/mol.